The third kappa shape index (κ3) is 4.34. The van der Waals surface area contributed by atoms with Crippen LogP contribution in [0, 0.1) is 6.92 Å². The third-order valence-electron chi connectivity index (χ3n) is 6.27. The molecule has 1 fully saturated rings. The molecule has 0 spiro atoms. The van der Waals surface area contributed by atoms with E-state index in [0.29, 0.717) is 6.54 Å². The SMILES string of the molecule is Cc1c(C(=O)C[NH+]2CC[NH+](C/C=C/c3ccccc3)CC2)c2ccccc2n1C. The number of aromatic nitrogens is 1. The van der Waals surface area contributed by atoms with Gasteiger partial charge in [-0.3, -0.25) is 4.79 Å². The van der Waals surface area contributed by atoms with Crippen molar-refractivity contribution in [1.29, 1.82) is 0 Å². The van der Waals surface area contributed by atoms with E-state index in [1.807, 2.05) is 25.2 Å². The van der Waals surface area contributed by atoms with Gasteiger partial charge in [0, 0.05) is 23.6 Å². The molecule has 4 heteroatoms. The molecular weight excluding hydrogens is 358 g/mol. The average molecular weight is 390 g/mol. The molecule has 0 radical (unpaired) electrons. The van der Waals surface area contributed by atoms with Crippen molar-refractivity contribution in [2.24, 2.45) is 7.05 Å². The minimum atomic E-state index is 0.279. The molecule has 29 heavy (non-hydrogen) atoms. The smallest absolute Gasteiger partial charge is 0.219 e. The molecule has 4 nitrogen and oxygen atoms in total. The van der Waals surface area contributed by atoms with Gasteiger partial charge in [-0.15, -0.1) is 0 Å². The minimum absolute atomic E-state index is 0.279. The van der Waals surface area contributed by atoms with Crippen molar-refractivity contribution in [3.63, 3.8) is 0 Å². The lowest BCUT2D eigenvalue weighted by molar-refractivity contribution is -1.01. The van der Waals surface area contributed by atoms with Crippen LogP contribution in [0.15, 0.2) is 60.7 Å². The van der Waals surface area contributed by atoms with Crippen molar-refractivity contribution in [1.82, 2.24) is 4.57 Å². The summed E-state index contributed by atoms with van der Waals surface area (Å²) in [5, 5.41) is 1.09. The monoisotopic (exact) mass is 389 g/mol. The lowest BCUT2D eigenvalue weighted by atomic mass is 10.1. The number of nitrogens with one attached hydrogen (secondary N) is 2. The molecule has 0 saturated carbocycles. The lowest BCUT2D eigenvalue weighted by Gasteiger charge is -2.28. The normalized spacial score (nSPS) is 19.8. The Morgan fingerprint density at radius 3 is 2.38 bits per heavy atom. The predicted molar refractivity (Wildman–Crippen MR) is 119 cm³/mol. The number of quaternary nitrogens is 2. The molecule has 0 unspecified atom stereocenters. The van der Waals surface area contributed by atoms with Crippen LogP contribution < -0.4 is 9.80 Å². The first-order valence-electron chi connectivity index (χ1n) is 10.6. The highest BCUT2D eigenvalue weighted by Crippen LogP contribution is 2.24. The van der Waals surface area contributed by atoms with Gasteiger partial charge in [-0.05, 0) is 24.6 Å². The summed E-state index contributed by atoms with van der Waals surface area (Å²) in [5.74, 6) is 0.279. The van der Waals surface area contributed by atoms with Crippen LogP contribution in [0.25, 0.3) is 17.0 Å². The summed E-state index contributed by atoms with van der Waals surface area (Å²) in [4.78, 5) is 16.1. The molecule has 150 valence electrons. The fourth-order valence-electron chi connectivity index (χ4n) is 4.45. The lowest BCUT2D eigenvalue weighted by Crippen LogP contribution is -3.28. The van der Waals surface area contributed by atoms with E-state index in [1.54, 1.807) is 4.90 Å². The number of carbonyl (C=O) groups is 1. The summed E-state index contributed by atoms with van der Waals surface area (Å²) in [5.41, 5.74) is 4.39. The predicted octanol–water partition coefficient (Wildman–Crippen LogP) is 1.17. The number of hydrogen-bond acceptors (Lipinski definition) is 1. The van der Waals surface area contributed by atoms with Gasteiger partial charge in [-0.25, -0.2) is 0 Å². The zero-order valence-electron chi connectivity index (χ0n) is 17.4. The van der Waals surface area contributed by atoms with Crippen LogP contribution in [0.3, 0.4) is 0 Å². The molecule has 3 aromatic rings. The molecule has 2 heterocycles. The number of piperazine rings is 1. The second-order valence-electron chi connectivity index (χ2n) is 8.15. The van der Waals surface area contributed by atoms with E-state index in [4.69, 9.17) is 0 Å². The van der Waals surface area contributed by atoms with Gasteiger partial charge in [0.1, 0.15) is 32.7 Å². The van der Waals surface area contributed by atoms with Crippen LogP contribution in [0.5, 0.6) is 0 Å². The third-order valence-corrected chi connectivity index (χ3v) is 6.27. The maximum absolute atomic E-state index is 13.1. The standard InChI is InChI=1S/C25H29N3O/c1-20-25(22-12-6-7-13-23(22)26(20)2)24(29)19-28-17-15-27(16-18-28)14-8-11-21-9-4-3-5-10-21/h3-13H,14-19H2,1-2H3/p+2/b11-8+. The first kappa shape index (κ1) is 19.6. The largest absolute Gasteiger partial charge is 0.347 e. The number of Topliss-reactive ketones (excluding diaryl/α,β-unsaturated/α-hetero) is 1. The van der Waals surface area contributed by atoms with E-state index < -0.39 is 0 Å². The fourth-order valence-corrected chi connectivity index (χ4v) is 4.45. The van der Waals surface area contributed by atoms with E-state index in [2.05, 4.69) is 60.0 Å². The first-order valence-corrected chi connectivity index (χ1v) is 10.6. The number of nitrogens with zero attached hydrogens (tertiary/aromatic N) is 1. The van der Waals surface area contributed by atoms with Crippen LogP contribution in [-0.4, -0.2) is 49.6 Å². The van der Waals surface area contributed by atoms with Crippen LogP contribution in [0.2, 0.25) is 0 Å². The number of hydrogen-bond donors (Lipinski definition) is 2. The van der Waals surface area contributed by atoms with E-state index >= 15 is 0 Å². The van der Waals surface area contributed by atoms with Crippen molar-refractivity contribution < 1.29 is 14.6 Å². The number of para-hydroxylation sites is 1. The Morgan fingerprint density at radius 2 is 1.62 bits per heavy atom. The summed E-state index contributed by atoms with van der Waals surface area (Å²) in [6.45, 7) is 8.07. The van der Waals surface area contributed by atoms with Crippen LogP contribution in [0.4, 0.5) is 0 Å². The molecule has 1 aromatic heterocycles. The zero-order valence-corrected chi connectivity index (χ0v) is 17.4. The number of rotatable bonds is 6. The molecule has 2 N–H and O–H groups in total. The number of fused-ring (bicyclic) bond motifs is 1. The number of benzene rings is 2. The summed E-state index contributed by atoms with van der Waals surface area (Å²) < 4.78 is 2.14. The van der Waals surface area contributed by atoms with Crippen LogP contribution in [0.1, 0.15) is 21.6 Å². The summed E-state index contributed by atoms with van der Waals surface area (Å²) in [6.07, 6.45) is 4.49. The summed E-state index contributed by atoms with van der Waals surface area (Å²) >= 11 is 0. The van der Waals surface area contributed by atoms with Gasteiger partial charge in [0.25, 0.3) is 0 Å². The van der Waals surface area contributed by atoms with Gasteiger partial charge >= 0.3 is 0 Å². The highest BCUT2D eigenvalue weighted by molar-refractivity contribution is 6.09. The molecule has 1 saturated heterocycles. The molecule has 0 atom stereocenters. The van der Waals surface area contributed by atoms with Crippen molar-refractivity contribution >= 4 is 22.8 Å². The second-order valence-corrected chi connectivity index (χ2v) is 8.15. The van der Waals surface area contributed by atoms with E-state index in [1.165, 1.54) is 10.5 Å². The molecule has 0 aliphatic carbocycles. The molecule has 0 amide bonds. The van der Waals surface area contributed by atoms with Crippen molar-refractivity contribution in [3.8, 4) is 0 Å². The fraction of sp³-hybridized carbons (Fsp3) is 0.320. The van der Waals surface area contributed by atoms with E-state index in [-0.39, 0.29) is 5.78 Å². The van der Waals surface area contributed by atoms with Crippen molar-refractivity contribution in [2.45, 2.75) is 6.92 Å². The van der Waals surface area contributed by atoms with Gasteiger partial charge in [-0.2, -0.15) is 0 Å². The quantitative estimate of drug-likeness (QED) is 0.609. The Labute approximate surface area is 173 Å². The van der Waals surface area contributed by atoms with Gasteiger partial charge in [0.05, 0.1) is 12.1 Å². The Bertz CT molecular complexity index is 1010. The molecule has 2 aromatic carbocycles. The highest BCUT2D eigenvalue weighted by Gasteiger charge is 2.27. The summed E-state index contributed by atoms with van der Waals surface area (Å²) in [6, 6.07) is 18.7. The van der Waals surface area contributed by atoms with Crippen molar-refractivity contribution in [3.05, 3.63) is 77.5 Å². The zero-order chi connectivity index (χ0) is 20.2. The Hall–Kier alpha value is -2.69. The topological polar surface area (TPSA) is 30.9 Å². The minimum Gasteiger partial charge on any atom is -0.347 e. The Kier molecular flexibility index (Phi) is 5.93. The maximum atomic E-state index is 13.1. The van der Waals surface area contributed by atoms with Gasteiger partial charge in [0.15, 0.2) is 0 Å². The Balaban J connectivity index is 1.33. The van der Waals surface area contributed by atoms with Crippen molar-refractivity contribution in [2.75, 3.05) is 39.3 Å². The first-order chi connectivity index (χ1) is 14.1. The number of ketones is 1. The maximum Gasteiger partial charge on any atom is 0.219 e. The van der Waals surface area contributed by atoms with Gasteiger partial charge in [-0.1, -0.05) is 54.6 Å². The molecular formula is C25H31N3O+2. The van der Waals surface area contributed by atoms with Crippen LogP contribution in [-0.2, 0) is 7.05 Å². The second kappa shape index (κ2) is 8.76. The summed E-state index contributed by atoms with van der Waals surface area (Å²) in [7, 11) is 2.05. The molecule has 1 aliphatic heterocycles. The number of carbonyl (C=O) groups excluding carboxylic acids is 1. The van der Waals surface area contributed by atoms with Gasteiger partial charge < -0.3 is 14.4 Å². The molecule has 0 bridgehead atoms. The highest BCUT2D eigenvalue weighted by atomic mass is 16.1. The average Bonchev–Trinajstić information content (AvgIpc) is 3.01. The van der Waals surface area contributed by atoms with Crippen LogP contribution >= 0.6 is 0 Å². The Morgan fingerprint density at radius 1 is 0.966 bits per heavy atom. The number of aryl methyl sites for hydroxylation is 1. The van der Waals surface area contributed by atoms with E-state index in [9.17, 15) is 4.79 Å². The van der Waals surface area contributed by atoms with Gasteiger partial charge in [0.2, 0.25) is 5.78 Å². The molecule has 4 rings (SSSR count). The molecule has 1 aliphatic rings. The van der Waals surface area contributed by atoms with E-state index in [0.717, 1.165) is 54.9 Å².